The van der Waals surface area contributed by atoms with Crippen LogP contribution in [-0.4, -0.2) is 23.0 Å². The third-order valence-corrected chi connectivity index (χ3v) is 4.24. The number of aryl methyl sites for hydroxylation is 1. The van der Waals surface area contributed by atoms with Crippen LogP contribution in [0.4, 0.5) is 0 Å². The largest absolute Gasteiger partial charge is 0.480 e. The molecule has 0 saturated heterocycles. The second-order valence-electron chi connectivity index (χ2n) is 4.59. The summed E-state index contributed by atoms with van der Waals surface area (Å²) in [6.07, 6.45) is 1.76. The lowest BCUT2D eigenvalue weighted by Gasteiger charge is -2.13. The van der Waals surface area contributed by atoms with Crippen LogP contribution in [0.1, 0.15) is 28.8 Å². The Balaban J connectivity index is 2.10. The summed E-state index contributed by atoms with van der Waals surface area (Å²) >= 11 is 2.16. The van der Waals surface area contributed by atoms with E-state index in [1.807, 2.05) is 13.0 Å². The van der Waals surface area contributed by atoms with Gasteiger partial charge in [-0.3, -0.25) is 4.79 Å². The summed E-state index contributed by atoms with van der Waals surface area (Å²) in [4.78, 5) is 23.0. The van der Waals surface area contributed by atoms with Gasteiger partial charge in [0.25, 0.3) is 5.91 Å². The number of carbonyl (C=O) groups is 2. The first-order valence-electron chi connectivity index (χ1n) is 5.79. The van der Waals surface area contributed by atoms with Crippen LogP contribution in [0.5, 0.6) is 0 Å². The van der Waals surface area contributed by atoms with E-state index in [0.29, 0.717) is 5.56 Å². The van der Waals surface area contributed by atoms with Crippen molar-refractivity contribution < 1.29 is 14.7 Å². The van der Waals surface area contributed by atoms with Crippen LogP contribution >= 0.6 is 22.6 Å². The van der Waals surface area contributed by atoms with Gasteiger partial charge in [-0.1, -0.05) is 6.07 Å². The van der Waals surface area contributed by atoms with Crippen molar-refractivity contribution in [2.24, 2.45) is 5.92 Å². The molecule has 1 atom stereocenters. The van der Waals surface area contributed by atoms with Gasteiger partial charge in [0, 0.05) is 9.13 Å². The lowest BCUT2D eigenvalue weighted by Crippen LogP contribution is -2.42. The maximum absolute atomic E-state index is 12.0. The molecular formula is C13H14INO3. The van der Waals surface area contributed by atoms with E-state index in [-0.39, 0.29) is 11.8 Å². The standard InChI is InChI=1S/C13H14INO3/c1-7-2-3-9(6-10(7)14)12(16)15-11(13(17)18)8-4-5-8/h2-3,6,8,11H,4-5H2,1H3,(H,15,16)(H,17,18). The molecule has 2 N–H and O–H groups in total. The smallest absolute Gasteiger partial charge is 0.326 e. The van der Waals surface area contributed by atoms with Crippen molar-refractivity contribution in [2.75, 3.05) is 0 Å². The number of rotatable bonds is 4. The van der Waals surface area contributed by atoms with Crippen LogP contribution in [0.15, 0.2) is 18.2 Å². The van der Waals surface area contributed by atoms with E-state index < -0.39 is 12.0 Å². The van der Waals surface area contributed by atoms with Gasteiger partial charge in [-0.15, -0.1) is 0 Å². The van der Waals surface area contributed by atoms with Crippen LogP contribution in [0.25, 0.3) is 0 Å². The molecule has 0 radical (unpaired) electrons. The number of hydrogen-bond acceptors (Lipinski definition) is 2. The molecule has 1 aromatic rings. The second-order valence-corrected chi connectivity index (χ2v) is 5.75. The van der Waals surface area contributed by atoms with Crippen LogP contribution in [0, 0.1) is 16.4 Å². The maximum Gasteiger partial charge on any atom is 0.326 e. The van der Waals surface area contributed by atoms with Crippen molar-refractivity contribution in [3.05, 3.63) is 32.9 Å². The molecule has 1 fully saturated rings. The minimum absolute atomic E-state index is 0.0935. The molecule has 0 heterocycles. The third kappa shape index (κ3) is 3.01. The fourth-order valence-corrected chi connectivity index (χ4v) is 2.28. The number of aliphatic carboxylic acids is 1. The molecule has 1 aromatic carbocycles. The number of halogens is 1. The molecule has 96 valence electrons. The van der Waals surface area contributed by atoms with Gasteiger partial charge in [0.2, 0.25) is 0 Å². The third-order valence-electron chi connectivity index (χ3n) is 3.08. The van der Waals surface area contributed by atoms with Gasteiger partial charge >= 0.3 is 5.97 Å². The Labute approximate surface area is 119 Å². The highest BCUT2D eigenvalue weighted by Gasteiger charge is 2.37. The monoisotopic (exact) mass is 359 g/mol. The Morgan fingerprint density at radius 2 is 2.11 bits per heavy atom. The predicted octanol–water partition coefficient (Wildman–Crippen LogP) is 2.19. The minimum Gasteiger partial charge on any atom is -0.480 e. The van der Waals surface area contributed by atoms with Crippen molar-refractivity contribution >= 4 is 34.5 Å². The average molecular weight is 359 g/mol. The predicted molar refractivity (Wildman–Crippen MR) is 75.5 cm³/mol. The van der Waals surface area contributed by atoms with Gasteiger partial charge in [-0.05, 0) is 66.0 Å². The first kappa shape index (κ1) is 13.3. The molecule has 4 nitrogen and oxygen atoms in total. The summed E-state index contributed by atoms with van der Waals surface area (Å²) in [6, 6.07) is 4.61. The molecule has 0 spiro atoms. The van der Waals surface area contributed by atoms with Crippen molar-refractivity contribution in [3.8, 4) is 0 Å². The molecular weight excluding hydrogens is 345 g/mol. The van der Waals surface area contributed by atoms with E-state index in [0.717, 1.165) is 22.0 Å². The van der Waals surface area contributed by atoms with E-state index in [2.05, 4.69) is 27.9 Å². The zero-order valence-electron chi connectivity index (χ0n) is 9.94. The molecule has 18 heavy (non-hydrogen) atoms. The van der Waals surface area contributed by atoms with E-state index in [4.69, 9.17) is 5.11 Å². The Morgan fingerprint density at radius 3 is 2.61 bits per heavy atom. The Bertz CT molecular complexity index is 497. The highest BCUT2D eigenvalue weighted by atomic mass is 127. The van der Waals surface area contributed by atoms with Crippen LogP contribution in [-0.2, 0) is 4.79 Å². The molecule has 0 aromatic heterocycles. The zero-order chi connectivity index (χ0) is 13.3. The van der Waals surface area contributed by atoms with E-state index in [9.17, 15) is 9.59 Å². The number of carboxylic acid groups (broad SMARTS) is 1. The second kappa shape index (κ2) is 5.26. The summed E-state index contributed by atoms with van der Waals surface area (Å²) in [6.45, 7) is 1.97. The van der Waals surface area contributed by atoms with Crippen LogP contribution in [0.2, 0.25) is 0 Å². The fraction of sp³-hybridized carbons (Fsp3) is 0.385. The Hall–Kier alpha value is -1.11. The minimum atomic E-state index is -0.951. The summed E-state index contributed by atoms with van der Waals surface area (Å²) in [7, 11) is 0. The normalized spacial score (nSPS) is 16.1. The Morgan fingerprint density at radius 1 is 1.44 bits per heavy atom. The highest BCUT2D eigenvalue weighted by Crippen LogP contribution is 2.32. The van der Waals surface area contributed by atoms with E-state index in [1.54, 1.807) is 12.1 Å². The Kier molecular flexibility index (Phi) is 3.89. The molecule has 1 unspecified atom stereocenters. The number of nitrogens with one attached hydrogen (secondary N) is 1. The van der Waals surface area contributed by atoms with Crippen molar-refractivity contribution in [1.82, 2.24) is 5.32 Å². The fourth-order valence-electron chi connectivity index (χ4n) is 1.77. The summed E-state index contributed by atoms with van der Waals surface area (Å²) in [5.41, 5.74) is 1.61. The van der Waals surface area contributed by atoms with Gasteiger partial charge in [0.15, 0.2) is 0 Å². The average Bonchev–Trinajstić information content (AvgIpc) is 3.13. The van der Waals surface area contributed by atoms with Crippen molar-refractivity contribution in [1.29, 1.82) is 0 Å². The van der Waals surface area contributed by atoms with E-state index >= 15 is 0 Å². The van der Waals surface area contributed by atoms with Gasteiger partial charge in [0.1, 0.15) is 6.04 Å². The molecule has 1 aliphatic rings. The van der Waals surface area contributed by atoms with Crippen molar-refractivity contribution in [2.45, 2.75) is 25.8 Å². The first-order valence-corrected chi connectivity index (χ1v) is 6.86. The molecule has 0 bridgehead atoms. The lowest BCUT2D eigenvalue weighted by molar-refractivity contribution is -0.139. The SMILES string of the molecule is Cc1ccc(C(=O)NC(C(=O)O)C2CC2)cc1I. The van der Waals surface area contributed by atoms with Crippen LogP contribution in [0.3, 0.4) is 0 Å². The molecule has 5 heteroatoms. The molecule has 2 rings (SSSR count). The van der Waals surface area contributed by atoms with Gasteiger partial charge < -0.3 is 10.4 Å². The maximum atomic E-state index is 12.0. The summed E-state index contributed by atoms with van der Waals surface area (Å²) in [5.74, 6) is -1.17. The van der Waals surface area contributed by atoms with Gasteiger partial charge in [-0.25, -0.2) is 4.79 Å². The topological polar surface area (TPSA) is 66.4 Å². The molecule has 1 saturated carbocycles. The number of carbonyl (C=O) groups excluding carboxylic acids is 1. The molecule has 1 amide bonds. The van der Waals surface area contributed by atoms with Gasteiger partial charge in [-0.2, -0.15) is 0 Å². The first-order chi connectivity index (χ1) is 8.49. The number of benzene rings is 1. The zero-order valence-corrected chi connectivity index (χ0v) is 12.1. The molecule has 1 aliphatic carbocycles. The summed E-state index contributed by atoms with van der Waals surface area (Å²) < 4.78 is 0.999. The highest BCUT2D eigenvalue weighted by molar-refractivity contribution is 14.1. The number of amides is 1. The quantitative estimate of drug-likeness (QED) is 0.810. The molecule has 0 aliphatic heterocycles. The van der Waals surface area contributed by atoms with Crippen LogP contribution < -0.4 is 5.32 Å². The van der Waals surface area contributed by atoms with E-state index in [1.165, 1.54) is 0 Å². The lowest BCUT2D eigenvalue weighted by atomic mass is 10.1. The number of carboxylic acids is 1. The van der Waals surface area contributed by atoms with Crippen molar-refractivity contribution in [3.63, 3.8) is 0 Å². The summed E-state index contributed by atoms with van der Waals surface area (Å²) in [5, 5.41) is 11.7. The number of hydrogen-bond donors (Lipinski definition) is 2. The van der Waals surface area contributed by atoms with Gasteiger partial charge in [0.05, 0.1) is 0 Å².